The van der Waals surface area contributed by atoms with E-state index < -0.39 is 5.82 Å². The molecule has 0 bridgehead atoms. The van der Waals surface area contributed by atoms with Crippen LogP contribution in [-0.4, -0.2) is 43.9 Å². The van der Waals surface area contributed by atoms with E-state index >= 15 is 0 Å². The maximum atomic E-state index is 13.8. The van der Waals surface area contributed by atoms with Crippen molar-refractivity contribution in [1.82, 2.24) is 29.8 Å². The van der Waals surface area contributed by atoms with Gasteiger partial charge in [0.15, 0.2) is 23.7 Å². The number of fused-ring (bicyclic) bond motifs is 1. The van der Waals surface area contributed by atoms with Crippen molar-refractivity contribution in [2.45, 2.75) is 58.9 Å². The fourth-order valence-corrected chi connectivity index (χ4v) is 3.89. The molecule has 1 fully saturated rings. The first-order chi connectivity index (χ1) is 17.8. The molecule has 4 aromatic rings. The first-order valence-electron chi connectivity index (χ1n) is 12.5. The number of anilines is 1. The van der Waals surface area contributed by atoms with E-state index in [1.807, 2.05) is 19.9 Å². The quantitative estimate of drug-likeness (QED) is 0.308. The first-order valence-corrected chi connectivity index (χ1v) is 12.5. The van der Waals surface area contributed by atoms with E-state index in [0.29, 0.717) is 22.2 Å². The second-order valence-corrected chi connectivity index (χ2v) is 8.47. The molecule has 1 aliphatic rings. The molecule has 1 saturated carbocycles. The Bertz CT molecular complexity index is 1260. The van der Waals surface area contributed by atoms with Gasteiger partial charge in [0.2, 0.25) is 0 Å². The second kappa shape index (κ2) is 14.8. The van der Waals surface area contributed by atoms with Crippen molar-refractivity contribution in [2.75, 3.05) is 12.8 Å². The molecular formula is C27H37F2N7O. The van der Waals surface area contributed by atoms with Crippen LogP contribution in [0.25, 0.3) is 22.3 Å². The van der Waals surface area contributed by atoms with Gasteiger partial charge in [-0.1, -0.05) is 33.1 Å². The van der Waals surface area contributed by atoms with Gasteiger partial charge in [-0.05, 0) is 44.5 Å². The van der Waals surface area contributed by atoms with Crippen molar-refractivity contribution in [3.05, 3.63) is 59.9 Å². The normalized spacial score (nSPS) is 12.9. The highest BCUT2D eigenvalue weighted by molar-refractivity contribution is 5.94. The third-order valence-corrected chi connectivity index (χ3v) is 5.89. The Morgan fingerprint density at radius 3 is 2.35 bits per heavy atom. The number of hydrogen-bond donors (Lipinski definition) is 3. The van der Waals surface area contributed by atoms with E-state index in [0.717, 1.165) is 24.1 Å². The highest BCUT2D eigenvalue weighted by atomic mass is 19.1. The van der Waals surface area contributed by atoms with Crippen molar-refractivity contribution in [2.24, 2.45) is 7.05 Å². The summed E-state index contributed by atoms with van der Waals surface area (Å²) in [7, 11) is 3.84. The van der Waals surface area contributed by atoms with Crippen molar-refractivity contribution in [3.63, 3.8) is 0 Å². The summed E-state index contributed by atoms with van der Waals surface area (Å²) < 4.78 is 28.5. The second-order valence-electron chi connectivity index (χ2n) is 8.47. The van der Waals surface area contributed by atoms with Crippen molar-refractivity contribution in [1.29, 1.82) is 0 Å². The Morgan fingerprint density at radius 2 is 1.84 bits per heavy atom. The number of nitrogens with zero attached hydrogens (tertiary/aromatic N) is 4. The molecule has 1 aromatic carbocycles. The number of hydrogen-bond acceptors (Lipinski definition) is 6. The first kappa shape index (κ1) is 29.6. The number of aldehydes is 1. The third kappa shape index (κ3) is 8.18. The van der Waals surface area contributed by atoms with E-state index in [1.54, 1.807) is 31.1 Å². The van der Waals surface area contributed by atoms with Gasteiger partial charge in [-0.25, -0.2) is 23.7 Å². The van der Waals surface area contributed by atoms with Gasteiger partial charge in [0.05, 0.1) is 24.2 Å². The van der Waals surface area contributed by atoms with Crippen LogP contribution in [-0.2, 0) is 7.05 Å². The molecule has 0 amide bonds. The number of nitrogen functional groups attached to an aromatic ring is 1. The number of rotatable bonds is 3. The molecule has 0 aliphatic heterocycles. The van der Waals surface area contributed by atoms with Gasteiger partial charge in [0.1, 0.15) is 11.5 Å². The Kier molecular flexibility index (Phi) is 11.8. The van der Waals surface area contributed by atoms with Gasteiger partial charge in [0, 0.05) is 30.2 Å². The van der Waals surface area contributed by atoms with Gasteiger partial charge in [0.25, 0.3) is 0 Å². The minimum atomic E-state index is -0.675. The van der Waals surface area contributed by atoms with Gasteiger partial charge in [-0.15, -0.1) is 0 Å². The minimum absolute atomic E-state index is 0.229. The summed E-state index contributed by atoms with van der Waals surface area (Å²) in [6.07, 6.45) is 13.6. The molecular weight excluding hydrogens is 476 g/mol. The molecule has 4 N–H and O–H groups in total. The van der Waals surface area contributed by atoms with Crippen molar-refractivity contribution >= 4 is 23.0 Å². The van der Waals surface area contributed by atoms with Crippen LogP contribution in [0.15, 0.2) is 37.1 Å². The van der Waals surface area contributed by atoms with E-state index in [2.05, 4.69) is 32.3 Å². The number of aromatic nitrogens is 5. The zero-order valence-electron chi connectivity index (χ0n) is 22.2. The molecule has 200 valence electrons. The zero-order chi connectivity index (χ0) is 27.4. The lowest BCUT2D eigenvalue weighted by atomic mass is 9.96. The van der Waals surface area contributed by atoms with Crippen LogP contribution in [0.3, 0.4) is 0 Å². The topological polar surface area (TPSA) is 115 Å². The average Bonchev–Trinajstić information content (AvgIpc) is 3.54. The maximum Gasteiger partial charge on any atom is 0.183 e. The van der Waals surface area contributed by atoms with E-state index in [9.17, 15) is 13.6 Å². The Hall–Kier alpha value is -3.66. The number of halogens is 2. The molecule has 0 atom stereocenters. The van der Waals surface area contributed by atoms with Crippen molar-refractivity contribution < 1.29 is 13.6 Å². The molecule has 3 heterocycles. The Balaban J connectivity index is 0.000000221. The molecule has 1 aliphatic carbocycles. The molecule has 0 saturated heterocycles. The van der Waals surface area contributed by atoms with Crippen molar-refractivity contribution in [3.8, 4) is 11.4 Å². The fourth-order valence-electron chi connectivity index (χ4n) is 3.89. The van der Waals surface area contributed by atoms with Gasteiger partial charge < -0.3 is 20.6 Å². The molecule has 8 nitrogen and oxygen atoms in total. The monoisotopic (exact) mass is 513 g/mol. The smallest absolute Gasteiger partial charge is 0.183 e. The van der Waals surface area contributed by atoms with Crippen LogP contribution in [0.5, 0.6) is 0 Å². The summed E-state index contributed by atoms with van der Waals surface area (Å²) in [5.41, 5.74) is 7.76. The van der Waals surface area contributed by atoms with E-state index in [-0.39, 0.29) is 17.5 Å². The van der Waals surface area contributed by atoms with Crippen LogP contribution >= 0.6 is 0 Å². The molecule has 10 heteroatoms. The number of carbonyl (C=O) groups is 1. The van der Waals surface area contributed by atoms with E-state index in [4.69, 9.17) is 5.73 Å². The standard InChI is InChI=1S/C13H10F2N4.C7H15N.C5H6N2O.C2H6/c1-6-2-7-8(4-17-11(7)9(14)3-6)13-18-5-10(15)12(16)19-13;1-8-7-5-3-2-4-6-7;1-7-4-6-2-5(7)3-8;1-2/h2-5,17H,1H3,(H2,16,18,19);7-8H,2-6H2,1H3;2-4H,1H3;1-2H3. The summed E-state index contributed by atoms with van der Waals surface area (Å²) in [5.74, 6) is -0.995. The maximum absolute atomic E-state index is 13.8. The Labute approximate surface area is 216 Å². The van der Waals surface area contributed by atoms with Crippen LogP contribution in [0.2, 0.25) is 0 Å². The number of aryl methyl sites for hydroxylation is 2. The number of nitrogens with two attached hydrogens (primary N) is 1. The zero-order valence-corrected chi connectivity index (χ0v) is 22.2. The number of aromatic amines is 1. The van der Waals surface area contributed by atoms with Gasteiger partial charge in [-0.3, -0.25) is 4.79 Å². The lowest BCUT2D eigenvalue weighted by Crippen LogP contribution is -2.26. The largest absolute Gasteiger partial charge is 0.381 e. The SMILES string of the molecule is CC.CNC1CCCCC1.Cc1cc(F)c2[nH]cc(-c3ncc(F)c(N)n3)c2c1.Cn1cncc1C=O. The third-order valence-electron chi connectivity index (χ3n) is 5.89. The molecule has 0 spiro atoms. The summed E-state index contributed by atoms with van der Waals surface area (Å²) >= 11 is 0. The number of benzene rings is 1. The van der Waals surface area contributed by atoms with Gasteiger partial charge >= 0.3 is 0 Å². The van der Waals surface area contributed by atoms with Gasteiger partial charge in [-0.2, -0.15) is 0 Å². The lowest BCUT2D eigenvalue weighted by Gasteiger charge is -2.20. The molecule has 0 unspecified atom stereocenters. The summed E-state index contributed by atoms with van der Waals surface area (Å²) in [5, 5.41) is 3.95. The Morgan fingerprint density at radius 1 is 1.14 bits per heavy atom. The highest BCUT2D eigenvalue weighted by Gasteiger charge is 2.14. The van der Waals surface area contributed by atoms with E-state index in [1.165, 1.54) is 44.4 Å². The molecule has 5 rings (SSSR count). The number of carbonyl (C=O) groups excluding carboxylic acids is 1. The highest BCUT2D eigenvalue weighted by Crippen LogP contribution is 2.29. The van der Waals surface area contributed by atoms with Crippen LogP contribution in [0, 0.1) is 18.6 Å². The number of imidazole rings is 1. The predicted molar refractivity (Wildman–Crippen MR) is 144 cm³/mol. The summed E-state index contributed by atoms with van der Waals surface area (Å²) in [6.45, 7) is 5.79. The predicted octanol–water partition coefficient (Wildman–Crippen LogP) is 5.59. The van der Waals surface area contributed by atoms with Crippen LogP contribution in [0.1, 0.15) is 62.0 Å². The molecule has 3 aromatic heterocycles. The van der Waals surface area contributed by atoms with Crippen LogP contribution in [0.4, 0.5) is 14.6 Å². The molecule has 37 heavy (non-hydrogen) atoms. The lowest BCUT2D eigenvalue weighted by molar-refractivity contribution is 0.111. The summed E-state index contributed by atoms with van der Waals surface area (Å²) in [4.78, 5) is 24.3. The average molecular weight is 514 g/mol. The number of nitrogens with one attached hydrogen (secondary N) is 2. The number of H-pyrrole nitrogens is 1. The van der Waals surface area contributed by atoms with Crippen LogP contribution < -0.4 is 11.1 Å². The summed E-state index contributed by atoms with van der Waals surface area (Å²) in [6, 6.07) is 4.08. The fraction of sp³-hybridized carbons (Fsp3) is 0.407. The molecule has 0 radical (unpaired) electrons. The minimum Gasteiger partial charge on any atom is -0.381 e.